The number of nitrogens with one attached hydrogen (secondary N) is 4. The van der Waals surface area contributed by atoms with Gasteiger partial charge in [0.15, 0.2) is 11.5 Å². The summed E-state index contributed by atoms with van der Waals surface area (Å²) in [6.45, 7) is 7.41. The first-order valence-electron chi connectivity index (χ1n) is 15.4. The Morgan fingerprint density at radius 2 is 1.76 bits per heavy atom. The molecule has 1 aliphatic rings. The summed E-state index contributed by atoms with van der Waals surface area (Å²) in [5.74, 6) is 2.26. The number of carbonyl (C=O) groups is 2. The van der Waals surface area contributed by atoms with Gasteiger partial charge in [0, 0.05) is 24.6 Å². The number of nitrogens with zero attached hydrogens (tertiary/aromatic N) is 1. The molecule has 3 aromatic carbocycles. The Labute approximate surface area is 268 Å². The maximum absolute atomic E-state index is 13.7. The SMILES string of the molecule is COc1cc2c(c(OC)c1OC)-c1ccc(N[C@H](C)C(=O)Nc3ccc4nc(CC(C)C)[nH]c4c3)c(=O)cc1[C@H](NC(C)=O)CC2. The third-order valence-electron chi connectivity index (χ3n) is 8.08. The number of aromatic amines is 1. The third kappa shape index (κ3) is 6.63. The van der Waals surface area contributed by atoms with Gasteiger partial charge in [-0.25, -0.2) is 4.98 Å². The molecule has 1 aromatic heterocycles. The van der Waals surface area contributed by atoms with Gasteiger partial charge >= 0.3 is 0 Å². The van der Waals surface area contributed by atoms with Crippen molar-refractivity contribution in [1.29, 1.82) is 0 Å². The van der Waals surface area contributed by atoms with Crippen LogP contribution in [0.4, 0.5) is 11.4 Å². The van der Waals surface area contributed by atoms with Crippen LogP contribution in [0, 0.1) is 5.92 Å². The van der Waals surface area contributed by atoms with E-state index in [1.807, 2.05) is 30.3 Å². The predicted octanol–water partition coefficient (Wildman–Crippen LogP) is 5.38. The highest BCUT2D eigenvalue weighted by molar-refractivity contribution is 5.97. The summed E-state index contributed by atoms with van der Waals surface area (Å²) in [6, 6.07) is 11.2. The van der Waals surface area contributed by atoms with E-state index in [9.17, 15) is 14.4 Å². The Morgan fingerprint density at radius 3 is 2.43 bits per heavy atom. The number of ether oxygens (including phenoxy) is 3. The summed E-state index contributed by atoms with van der Waals surface area (Å²) >= 11 is 0. The topological polar surface area (TPSA) is 144 Å². The third-order valence-corrected chi connectivity index (χ3v) is 8.08. The van der Waals surface area contributed by atoms with Crippen LogP contribution in [0.3, 0.4) is 0 Å². The molecule has 46 heavy (non-hydrogen) atoms. The van der Waals surface area contributed by atoms with Gasteiger partial charge in [-0.3, -0.25) is 14.4 Å². The minimum atomic E-state index is -0.749. The number of imidazole rings is 1. The van der Waals surface area contributed by atoms with Crippen LogP contribution < -0.4 is 35.6 Å². The highest BCUT2D eigenvalue weighted by Crippen LogP contribution is 2.50. The van der Waals surface area contributed by atoms with Crippen LogP contribution in [-0.2, 0) is 22.4 Å². The van der Waals surface area contributed by atoms with Crippen molar-refractivity contribution >= 4 is 34.2 Å². The number of aromatic nitrogens is 2. The molecule has 2 amide bonds. The fourth-order valence-electron chi connectivity index (χ4n) is 6.00. The molecule has 0 saturated heterocycles. The Bertz CT molecular complexity index is 1850. The van der Waals surface area contributed by atoms with Gasteiger partial charge in [0.05, 0.1) is 44.1 Å². The van der Waals surface area contributed by atoms with Crippen molar-refractivity contribution in [3.8, 4) is 28.4 Å². The number of anilines is 2. The highest BCUT2D eigenvalue weighted by atomic mass is 16.5. The molecule has 5 rings (SSSR count). The van der Waals surface area contributed by atoms with E-state index in [-0.39, 0.29) is 22.9 Å². The van der Waals surface area contributed by atoms with Crippen molar-refractivity contribution < 1.29 is 23.8 Å². The summed E-state index contributed by atoms with van der Waals surface area (Å²) in [6.07, 6.45) is 1.97. The highest BCUT2D eigenvalue weighted by Gasteiger charge is 2.29. The van der Waals surface area contributed by atoms with E-state index in [4.69, 9.17) is 14.2 Å². The summed E-state index contributed by atoms with van der Waals surface area (Å²) in [5.41, 5.74) is 5.22. The molecule has 1 aliphatic carbocycles. The second-order valence-electron chi connectivity index (χ2n) is 12.0. The molecule has 1 heterocycles. The average molecular weight is 628 g/mol. The van der Waals surface area contributed by atoms with E-state index in [1.165, 1.54) is 20.1 Å². The minimum absolute atomic E-state index is 0.212. The monoisotopic (exact) mass is 627 g/mol. The number of hydrogen-bond donors (Lipinski definition) is 4. The zero-order chi connectivity index (χ0) is 33.1. The quantitative estimate of drug-likeness (QED) is 0.184. The van der Waals surface area contributed by atoms with Crippen LogP contribution in [0.2, 0.25) is 0 Å². The van der Waals surface area contributed by atoms with Gasteiger partial charge in [0.25, 0.3) is 0 Å². The van der Waals surface area contributed by atoms with Crippen LogP contribution in [0.15, 0.2) is 47.3 Å². The van der Waals surface area contributed by atoms with Crippen molar-refractivity contribution in [2.45, 2.75) is 59.0 Å². The fourth-order valence-corrected chi connectivity index (χ4v) is 6.00. The number of hydrogen-bond acceptors (Lipinski definition) is 8. The number of fused-ring (bicyclic) bond motifs is 4. The fraction of sp³-hybridized carbons (Fsp3) is 0.371. The van der Waals surface area contributed by atoms with Crippen LogP contribution >= 0.6 is 0 Å². The van der Waals surface area contributed by atoms with E-state index >= 15 is 0 Å². The molecular formula is C35H41N5O6. The second kappa shape index (κ2) is 13.5. The summed E-state index contributed by atoms with van der Waals surface area (Å²) < 4.78 is 17.1. The molecule has 2 atom stereocenters. The van der Waals surface area contributed by atoms with E-state index in [1.54, 1.807) is 27.2 Å². The molecule has 242 valence electrons. The van der Waals surface area contributed by atoms with Crippen LogP contribution in [0.1, 0.15) is 57.1 Å². The molecular weight excluding hydrogens is 586 g/mol. The van der Waals surface area contributed by atoms with Gasteiger partial charge in [0.2, 0.25) is 23.0 Å². The normalized spacial score (nSPS) is 14.5. The van der Waals surface area contributed by atoms with Gasteiger partial charge in [-0.05, 0) is 78.8 Å². The maximum Gasteiger partial charge on any atom is 0.246 e. The molecule has 0 fully saturated rings. The molecule has 0 unspecified atom stereocenters. The lowest BCUT2D eigenvalue weighted by atomic mass is 9.95. The number of rotatable bonds is 10. The lowest BCUT2D eigenvalue weighted by Crippen LogP contribution is -2.33. The molecule has 0 saturated carbocycles. The Hall–Kier alpha value is -5.06. The van der Waals surface area contributed by atoms with Crippen molar-refractivity contribution in [3.05, 3.63) is 69.6 Å². The predicted molar refractivity (Wildman–Crippen MR) is 179 cm³/mol. The zero-order valence-corrected chi connectivity index (χ0v) is 27.3. The standard InChI is InChI=1S/C35H41N5O6/c1-18(2)14-31-39-26-12-9-22(16-28(26)40-31)38-35(43)19(3)36-27-13-10-23-24(17-29(27)42)25(37-20(4)41)11-8-21-15-30(44-5)33(45-6)34(46-7)32(21)23/h9-10,12-13,15-19,25H,8,11,14H2,1-7H3,(H,36,42)(H,37,41)(H,38,43)(H,39,40)/t19-,25-/m1/s1. The van der Waals surface area contributed by atoms with Gasteiger partial charge in [-0.1, -0.05) is 19.9 Å². The summed E-state index contributed by atoms with van der Waals surface area (Å²) in [7, 11) is 4.65. The van der Waals surface area contributed by atoms with Gasteiger partial charge in [-0.2, -0.15) is 0 Å². The number of amides is 2. The Kier molecular flexibility index (Phi) is 9.50. The molecule has 11 nitrogen and oxygen atoms in total. The molecule has 0 aliphatic heterocycles. The number of carbonyl (C=O) groups excluding carboxylic acids is 2. The van der Waals surface area contributed by atoms with Crippen LogP contribution in [0.25, 0.3) is 22.2 Å². The van der Waals surface area contributed by atoms with Crippen LogP contribution in [0.5, 0.6) is 17.2 Å². The Balaban J connectivity index is 1.48. The minimum Gasteiger partial charge on any atom is -0.493 e. The second-order valence-corrected chi connectivity index (χ2v) is 12.0. The van der Waals surface area contributed by atoms with E-state index in [0.29, 0.717) is 52.8 Å². The summed E-state index contributed by atoms with van der Waals surface area (Å²) in [5, 5.41) is 9.03. The van der Waals surface area contributed by atoms with Crippen LogP contribution in [-0.4, -0.2) is 49.2 Å². The maximum atomic E-state index is 13.7. The smallest absolute Gasteiger partial charge is 0.246 e. The number of H-pyrrole nitrogens is 1. The summed E-state index contributed by atoms with van der Waals surface area (Å²) in [4.78, 5) is 47.1. The van der Waals surface area contributed by atoms with Gasteiger partial charge < -0.3 is 35.1 Å². The largest absolute Gasteiger partial charge is 0.493 e. The number of methoxy groups -OCH3 is 3. The molecule has 0 bridgehead atoms. The first-order chi connectivity index (χ1) is 22.0. The van der Waals surface area contributed by atoms with Crippen molar-refractivity contribution in [2.24, 2.45) is 5.92 Å². The van der Waals surface area contributed by atoms with E-state index < -0.39 is 12.1 Å². The average Bonchev–Trinajstić information content (AvgIpc) is 3.26. The van der Waals surface area contributed by atoms with Crippen molar-refractivity contribution in [2.75, 3.05) is 32.0 Å². The molecule has 0 radical (unpaired) electrons. The first-order valence-corrected chi connectivity index (χ1v) is 15.4. The van der Waals surface area contributed by atoms with Crippen molar-refractivity contribution in [3.63, 3.8) is 0 Å². The van der Waals surface area contributed by atoms with E-state index in [2.05, 4.69) is 39.8 Å². The molecule has 4 N–H and O–H groups in total. The zero-order valence-electron chi connectivity index (χ0n) is 27.3. The lowest BCUT2D eigenvalue weighted by molar-refractivity contribution is -0.119. The Morgan fingerprint density at radius 1 is 1.00 bits per heavy atom. The number of benzene rings is 2. The lowest BCUT2D eigenvalue weighted by Gasteiger charge is -2.19. The van der Waals surface area contributed by atoms with Gasteiger partial charge in [0.1, 0.15) is 11.9 Å². The molecule has 0 spiro atoms. The van der Waals surface area contributed by atoms with Crippen molar-refractivity contribution in [1.82, 2.24) is 15.3 Å². The molecule has 11 heteroatoms. The van der Waals surface area contributed by atoms with E-state index in [0.717, 1.165) is 34.4 Å². The van der Waals surface area contributed by atoms with Gasteiger partial charge in [-0.15, -0.1) is 0 Å². The number of aryl methyl sites for hydroxylation is 1. The first kappa shape index (κ1) is 32.3. The molecule has 4 aromatic rings.